The molecule has 0 spiro atoms. The van der Waals surface area contributed by atoms with E-state index in [1.165, 1.54) is 25.7 Å². The molecule has 0 aromatic heterocycles. The van der Waals surface area contributed by atoms with Crippen molar-refractivity contribution in [2.24, 2.45) is 20.7 Å². The normalized spacial score (nSPS) is 16.6. The molecule has 7 aliphatic rings. The number of aliphatic imine (C=N–C) groups is 3. The van der Waals surface area contributed by atoms with E-state index in [0.29, 0.717) is 76.8 Å². The van der Waals surface area contributed by atoms with Gasteiger partial charge in [0.05, 0.1) is 70.3 Å². The van der Waals surface area contributed by atoms with Crippen LogP contribution in [-0.4, -0.2) is 172 Å². The lowest BCUT2D eigenvalue weighted by Gasteiger charge is -2.32. The van der Waals surface area contributed by atoms with Crippen LogP contribution in [-0.2, 0) is 58.1 Å². The Bertz CT molecular complexity index is 5730. The molecule has 5 amide bonds. The number of fused-ring (bicyclic) bond motifs is 3. The molecule has 7 heterocycles. The highest BCUT2D eigenvalue weighted by atomic mass is 79.9. The van der Waals surface area contributed by atoms with Crippen molar-refractivity contribution in [2.45, 2.75) is 188 Å². The van der Waals surface area contributed by atoms with E-state index in [1.54, 1.807) is 68.9 Å². The van der Waals surface area contributed by atoms with Crippen LogP contribution in [0.4, 0.5) is 22.8 Å². The highest BCUT2D eigenvalue weighted by Gasteiger charge is 2.52. The third kappa shape index (κ3) is 26.5. The van der Waals surface area contributed by atoms with Crippen molar-refractivity contribution in [3.63, 3.8) is 0 Å². The number of likely N-dealkylation sites (tertiary alicyclic amines) is 3. The number of rotatable bonds is 26. The van der Waals surface area contributed by atoms with Crippen LogP contribution in [0.2, 0.25) is 0 Å². The van der Waals surface area contributed by atoms with Crippen molar-refractivity contribution >= 4 is 76.3 Å². The van der Waals surface area contributed by atoms with Crippen LogP contribution in [0.1, 0.15) is 224 Å². The van der Waals surface area contributed by atoms with Gasteiger partial charge in [-0.1, -0.05) is 94.8 Å². The van der Waals surface area contributed by atoms with Crippen LogP contribution in [0.3, 0.4) is 0 Å². The van der Waals surface area contributed by atoms with Crippen LogP contribution >= 0.6 is 15.9 Å². The minimum absolute atomic E-state index is 0.109. The first-order chi connectivity index (χ1) is 63.0. The largest absolute Gasteiger partial charge is 0.497 e. The summed E-state index contributed by atoms with van der Waals surface area (Å²) in [5.74, 6) is 0.0204. The van der Waals surface area contributed by atoms with Crippen molar-refractivity contribution < 1.29 is 70.1 Å². The molecular formula is C103H121BBrF3N12O12. The molecule has 7 aliphatic heterocycles. The molecule has 9 aromatic rings. The topological polar surface area (TPSA) is 283 Å². The van der Waals surface area contributed by atoms with Crippen LogP contribution in [0.15, 0.2) is 201 Å². The smallest absolute Gasteiger partial charge is 0.494 e. The highest BCUT2D eigenvalue weighted by Crippen LogP contribution is 2.39. The zero-order valence-electron chi connectivity index (χ0n) is 77.7. The second-order valence-electron chi connectivity index (χ2n) is 37.1. The van der Waals surface area contributed by atoms with Gasteiger partial charge in [0.1, 0.15) is 28.5 Å². The lowest BCUT2D eigenvalue weighted by molar-refractivity contribution is 0.00578. The summed E-state index contributed by atoms with van der Waals surface area (Å²) in [7, 11) is 4.33. The molecule has 4 saturated heterocycles. The second kappa shape index (κ2) is 43.9. The molecule has 9 aromatic carbocycles. The number of halogens is 4. The van der Waals surface area contributed by atoms with Gasteiger partial charge in [0.15, 0.2) is 0 Å². The molecule has 0 aliphatic carbocycles. The maximum absolute atomic E-state index is 14.4. The summed E-state index contributed by atoms with van der Waals surface area (Å²) in [4.78, 5) is 84.2. The van der Waals surface area contributed by atoms with Gasteiger partial charge in [0.2, 0.25) is 17.9 Å². The fourth-order valence-electron chi connectivity index (χ4n) is 16.7. The zero-order chi connectivity index (χ0) is 94.2. The Morgan fingerprint density at radius 2 is 0.780 bits per heavy atom. The number of hydrogen-bond acceptors (Lipinski definition) is 19. The van der Waals surface area contributed by atoms with E-state index in [0.717, 1.165) is 147 Å². The first-order valence-electron chi connectivity index (χ1n) is 45.1. The number of nitrogens with zero attached hydrogens (tertiary/aromatic N) is 6. The van der Waals surface area contributed by atoms with E-state index in [-0.39, 0.29) is 54.6 Å². The Balaban J connectivity index is 0.000000154. The molecule has 7 N–H and O–H groups in total. The van der Waals surface area contributed by atoms with Crippen LogP contribution in [0.5, 0.6) is 17.2 Å². The minimum Gasteiger partial charge on any atom is -0.497 e. The Kier molecular flexibility index (Phi) is 32.5. The van der Waals surface area contributed by atoms with Crippen LogP contribution in [0.25, 0.3) is 22.3 Å². The third-order valence-electron chi connectivity index (χ3n) is 24.3. The van der Waals surface area contributed by atoms with Crippen molar-refractivity contribution in [2.75, 3.05) is 80.2 Å². The number of carbonyl (C=O) groups is 5. The molecule has 29 heteroatoms. The second-order valence-corrected chi connectivity index (χ2v) is 38.0. The number of carbonyl (C=O) groups excluding carboxylic acids is 5. The van der Waals surface area contributed by atoms with Crippen molar-refractivity contribution in [1.82, 2.24) is 41.3 Å². The Morgan fingerprint density at radius 3 is 1.14 bits per heavy atom. The monoisotopic (exact) mass is 1860 g/mol. The Labute approximate surface area is 781 Å². The number of hydrogen-bond donors (Lipinski definition) is 6. The predicted molar refractivity (Wildman–Crippen MR) is 515 cm³/mol. The lowest BCUT2D eigenvalue weighted by Crippen LogP contribution is -2.41. The molecule has 132 heavy (non-hydrogen) atoms. The van der Waals surface area contributed by atoms with E-state index in [1.807, 2.05) is 185 Å². The summed E-state index contributed by atoms with van der Waals surface area (Å²) in [5, 5.41) is 14.8. The molecule has 0 saturated carbocycles. The molecule has 3 unspecified atom stereocenters. The van der Waals surface area contributed by atoms with E-state index in [9.17, 15) is 37.1 Å². The highest BCUT2D eigenvalue weighted by molar-refractivity contribution is 9.10. The van der Waals surface area contributed by atoms with E-state index >= 15 is 0 Å². The standard InChI is InChI=1S/C34H39FN4O4.C29H31FN4O2.C26H34BrN3O4.C14H17BFNO2/c1-34(2,3)43-33(41)37-20-30(24-8-7-9-28(17-24)42-4)38-32(40)27-15-22(21-39-12-5-6-13-39)14-26(16-27)23-10-11-25-19-36-31(35)29(25)18-23;1-36-25-6-4-5-21(14-25)27(16-31)33-29(35)24-12-19(18-34-9-2-3-10-34)11-23(13-24)20-7-8-22-17-32-28(30)26(22)15-20;1-26(2,3)34-25(32)28-16-23(19-8-7-9-22(15-19)33-4)29-24(31)20-12-18(13-21(27)14-20)17-30-10-5-6-11-30;1-13(2)14(3,4)19-15(18-13)10-6-5-9-8-17-12(16)11(9)7-10/h7-11,14-18,30H,5-6,12-13,19-21H2,1-4H3,(H,37,41)(H,38,40);4-8,11-15,27H,2-3,9-10,16-18,31H2,1H3,(H,33,35);7-9,12-15,23H,5-6,10-11,16-17H2,1-4H3,(H,28,32)(H,29,31);5-7H,8H2,1-4H3. The van der Waals surface area contributed by atoms with Gasteiger partial charge in [-0.2, -0.15) is 13.2 Å². The van der Waals surface area contributed by atoms with Crippen molar-refractivity contribution in [3.05, 3.63) is 270 Å². The molecule has 4 fully saturated rings. The summed E-state index contributed by atoms with van der Waals surface area (Å²) in [6.45, 7) is 29.1. The van der Waals surface area contributed by atoms with Gasteiger partial charge in [0, 0.05) is 77.1 Å². The van der Waals surface area contributed by atoms with E-state index in [4.69, 9.17) is 38.7 Å². The van der Waals surface area contributed by atoms with Gasteiger partial charge in [-0.15, -0.1) is 0 Å². The van der Waals surface area contributed by atoms with Gasteiger partial charge in [-0.3, -0.25) is 44.1 Å². The molecule has 3 atom stereocenters. The predicted octanol–water partition coefficient (Wildman–Crippen LogP) is 18.1. The number of ether oxygens (including phenoxy) is 5. The van der Waals surface area contributed by atoms with E-state index in [2.05, 4.69) is 90.4 Å². The Morgan fingerprint density at radius 1 is 0.439 bits per heavy atom. The fraction of sp³-hybridized carbons (Fsp3) is 0.398. The molecule has 0 radical (unpaired) electrons. The molecule has 16 rings (SSSR count). The summed E-state index contributed by atoms with van der Waals surface area (Å²) in [6.07, 6.45) is 6.02. The summed E-state index contributed by atoms with van der Waals surface area (Å²) in [6, 6.07) is 55.5. The molecular weight excluding hydrogens is 1740 g/mol. The number of alkyl carbamates (subject to hydrolysis) is 2. The van der Waals surface area contributed by atoms with Crippen molar-refractivity contribution in [1.29, 1.82) is 0 Å². The lowest BCUT2D eigenvalue weighted by atomic mass is 9.78. The first-order valence-corrected chi connectivity index (χ1v) is 45.9. The zero-order valence-corrected chi connectivity index (χ0v) is 79.2. The summed E-state index contributed by atoms with van der Waals surface area (Å²) in [5.41, 5.74) is 19.7. The quantitative estimate of drug-likeness (QED) is 0.0275. The van der Waals surface area contributed by atoms with Gasteiger partial charge in [-0.05, 0) is 328 Å². The Hall–Kier alpha value is -11.6. The number of benzene rings is 9. The maximum atomic E-state index is 14.4. The maximum Gasteiger partial charge on any atom is 0.494 e. The van der Waals surface area contributed by atoms with Gasteiger partial charge in [0.25, 0.3) is 17.7 Å². The minimum atomic E-state index is -0.655. The van der Waals surface area contributed by atoms with Gasteiger partial charge in [-0.25, -0.2) is 9.59 Å². The fourth-order valence-corrected chi connectivity index (χ4v) is 17.2. The number of nitrogens with one attached hydrogen (secondary N) is 5. The van der Waals surface area contributed by atoms with Gasteiger partial charge >= 0.3 is 19.3 Å². The molecule has 24 nitrogen and oxygen atoms in total. The SMILES string of the molecule is CC1(C)OB(c2ccc3c(c2)C(F)=NC3)OC1(C)C.COc1cccc(C(CN)NC(=O)c2cc(CN3CCCC3)cc(-c3ccc4c(c3)C(F)=NC4)c2)c1.COc1cccc(C(CNC(=O)OC(C)(C)C)NC(=O)c2cc(Br)cc(CN3CCCC3)c2)c1.COc1cccc(C(CNC(=O)OC(C)(C)C)NC(=O)c2cc(CN3CCCC3)cc(-c3ccc4c(c3)C(F)=NC4)c2)c1. The molecule has 696 valence electrons. The third-order valence-corrected chi connectivity index (χ3v) is 24.7. The number of nitrogens with two attached hydrogens (primary N) is 1. The first kappa shape index (κ1) is 98.0. The van der Waals surface area contributed by atoms with E-state index < -0.39 is 60.5 Å². The number of amides is 5. The average molecular weight is 1870 g/mol. The summed E-state index contributed by atoms with van der Waals surface area (Å²) < 4.78 is 81.8. The summed E-state index contributed by atoms with van der Waals surface area (Å²) >= 11 is 3.55. The van der Waals surface area contributed by atoms with Crippen LogP contribution in [0, 0.1) is 0 Å². The van der Waals surface area contributed by atoms with Crippen molar-refractivity contribution in [3.8, 4) is 39.5 Å². The number of methoxy groups -OCH3 is 3. The molecule has 0 bridgehead atoms. The average Bonchev–Trinajstić information content (AvgIpc) is 1.61. The van der Waals surface area contributed by atoms with Gasteiger partial charge < -0.3 is 65.3 Å². The van der Waals surface area contributed by atoms with Crippen LogP contribution < -0.4 is 52.0 Å².